The van der Waals surface area contributed by atoms with E-state index in [1.807, 2.05) is 0 Å². The lowest BCUT2D eigenvalue weighted by Gasteiger charge is -2.07. The third kappa shape index (κ3) is 3.01. The Morgan fingerprint density at radius 1 is 1.40 bits per heavy atom. The topological polar surface area (TPSA) is 103 Å². The van der Waals surface area contributed by atoms with Crippen molar-refractivity contribution < 1.29 is 8.42 Å². The van der Waals surface area contributed by atoms with Crippen LogP contribution in [0.4, 0.5) is 10.7 Å². The Morgan fingerprint density at radius 3 is 2.70 bits per heavy atom. The fourth-order valence-electron chi connectivity index (χ4n) is 1.47. The molecule has 0 fully saturated rings. The number of benzene rings is 1. The third-order valence-corrected chi connectivity index (χ3v) is 4.48. The first-order chi connectivity index (χ1) is 9.31. The van der Waals surface area contributed by atoms with E-state index in [-0.39, 0.29) is 15.5 Å². The van der Waals surface area contributed by atoms with E-state index in [9.17, 15) is 13.2 Å². The van der Waals surface area contributed by atoms with Gasteiger partial charge in [0.15, 0.2) is 15.4 Å². The molecule has 0 unspecified atom stereocenters. The van der Waals surface area contributed by atoms with Gasteiger partial charge >= 0.3 is 0 Å². The van der Waals surface area contributed by atoms with Gasteiger partial charge in [0, 0.05) is 17.0 Å². The molecule has 0 bridgehead atoms. The van der Waals surface area contributed by atoms with Gasteiger partial charge < -0.3 is 5.32 Å². The van der Waals surface area contributed by atoms with Gasteiger partial charge in [0.25, 0.3) is 5.56 Å². The van der Waals surface area contributed by atoms with Crippen LogP contribution in [0.25, 0.3) is 0 Å². The van der Waals surface area contributed by atoms with E-state index < -0.39 is 15.4 Å². The van der Waals surface area contributed by atoms with Crippen LogP contribution in [0.2, 0.25) is 5.02 Å². The first kappa shape index (κ1) is 14.6. The summed E-state index contributed by atoms with van der Waals surface area (Å²) in [5, 5.41) is 12.2. The van der Waals surface area contributed by atoms with Crippen molar-refractivity contribution >= 4 is 43.7 Å². The number of aromatic nitrogens is 1. The summed E-state index contributed by atoms with van der Waals surface area (Å²) in [4.78, 5) is 11.4. The average Bonchev–Trinajstić information content (AvgIpc) is 2.68. The van der Waals surface area contributed by atoms with Crippen LogP contribution in [0.3, 0.4) is 0 Å². The van der Waals surface area contributed by atoms with Crippen LogP contribution in [0.15, 0.2) is 27.9 Å². The van der Waals surface area contributed by atoms with Gasteiger partial charge in [-0.1, -0.05) is 11.6 Å². The quantitative estimate of drug-likeness (QED) is 0.897. The molecule has 0 aliphatic carbocycles. The summed E-state index contributed by atoms with van der Waals surface area (Å²) in [6.45, 7) is 0. The summed E-state index contributed by atoms with van der Waals surface area (Å²) in [5.74, 6) is 0. The van der Waals surface area contributed by atoms with E-state index in [4.69, 9.17) is 16.9 Å². The summed E-state index contributed by atoms with van der Waals surface area (Å²) in [7, 11) is -3.41. The number of nitrogens with zero attached hydrogens (tertiary/aromatic N) is 1. The summed E-state index contributed by atoms with van der Waals surface area (Å²) in [6.07, 6.45) is 1.07. The number of nitrogens with one attached hydrogen (secondary N) is 2. The molecule has 0 spiro atoms. The first-order valence-electron chi connectivity index (χ1n) is 5.20. The molecule has 2 aromatic rings. The van der Waals surface area contributed by atoms with E-state index in [1.54, 1.807) is 6.07 Å². The molecule has 0 amide bonds. The minimum atomic E-state index is -3.41. The fourth-order valence-corrected chi connectivity index (χ4v) is 3.16. The van der Waals surface area contributed by atoms with Gasteiger partial charge in [-0.2, -0.15) is 5.26 Å². The Kier molecular flexibility index (Phi) is 3.85. The largest absolute Gasteiger partial charge is 0.345 e. The van der Waals surface area contributed by atoms with Gasteiger partial charge in [-0.25, -0.2) is 8.42 Å². The molecule has 0 radical (unpaired) electrons. The van der Waals surface area contributed by atoms with E-state index in [0.29, 0.717) is 10.7 Å². The molecular weight excluding hydrogens is 322 g/mol. The molecule has 0 aliphatic rings. The third-order valence-electron chi connectivity index (χ3n) is 2.37. The van der Waals surface area contributed by atoms with E-state index in [2.05, 4.69) is 9.69 Å². The van der Waals surface area contributed by atoms with Gasteiger partial charge in [0.1, 0.15) is 11.1 Å². The monoisotopic (exact) mass is 329 g/mol. The molecule has 104 valence electrons. The Morgan fingerprint density at radius 2 is 2.10 bits per heavy atom. The molecule has 2 rings (SSSR count). The van der Waals surface area contributed by atoms with Crippen molar-refractivity contribution in [1.82, 2.24) is 4.37 Å². The average molecular weight is 330 g/mol. The SMILES string of the molecule is CS(=O)(=O)c1cc(Cl)cc(Nc2s[nH]c(=O)c2C#N)c1. The lowest BCUT2D eigenvalue weighted by Crippen LogP contribution is -2.03. The van der Waals surface area contributed by atoms with E-state index >= 15 is 0 Å². The zero-order valence-electron chi connectivity index (χ0n) is 10.1. The highest BCUT2D eigenvalue weighted by atomic mass is 35.5. The van der Waals surface area contributed by atoms with E-state index in [0.717, 1.165) is 17.8 Å². The van der Waals surface area contributed by atoms with Crippen molar-refractivity contribution in [3.8, 4) is 6.07 Å². The number of H-pyrrole nitrogens is 1. The highest BCUT2D eigenvalue weighted by Crippen LogP contribution is 2.27. The molecule has 0 saturated heterocycles. The van der Waals surface area contributed by atoms with Crippen molar-refractivity contribution in [3.05, 3.63) is 39.1 Å². The van der Waals surface area contributed by atoms with Crippen LogP contribution in [0.1, 0.15) is 5.56 Å². The predicted octanol–water partition coefficient (Wildman–Crippen LogP) is 2.11. The Bertz CT molecular complexity index is 862. The maximum Gasteiger partial charge on any atom is 0.278 e. The zero-order chi connectivity index (χ0) is 14.9. The smallest absolute Gasteiger partial charge is 0.278 e. The number of anilines is 2. The maximum absolute atomic E-state index is 11.5. The van der Waals surface area contributed by atoms with Crippen LogP contribution < -0.4 is 10.9 Å². The number of hydrogen-bond donors (Lipinski definition) is 2. The molecule has 1 aromatic heterocycles. The summed E-state index contributed by atoms with van der Waals surface area (Å²) in [6, 6.07) is 5.99. The molecule has 1 aromatic carbocycles. The summed E-state index contributed by atoms with van der Waals surface area (Å²) >= 11 is 6.82. The van der Waals surface area contributed by atoms with Gasteiger partial charge in [-0.05, 0) is 29.7 Å². The van der Waals surface area contributed by atoms with Crippen molar-refractivity contribution in [1.29, 1.82) is 5.26 Å². The van der Waals surface area contributed by atoms with Crippen molar-refractivity contribution in [3.63, 3.8) is 0 Å². The predicted molar refractivity (Wildman–Crippen MR) is 77.5 cm³/mol. The second-order valence-corrected chi connectivity index (χ2v) is 7.19. The minimum Gasteiger partial charge on any atom is -0.345 e. The Hall–Kier alpha value is -1.82. The summed E-state index contributed by atoms with van der Waals surface area (Å²) in [5.41, 5.74) is -0.175. The molecule has 0 atom stereocenters. The van der Waals surface area contributed by atoms with Gasteiger partial charge in [0.05, 0.1) is 4.90 Å². The van der Waals surface area contributed by atoms with Gasteiger partial charge in [0.2, 0.25) is 0 Å². The van der Waals surface area contributed by atoms with Crippen molar-refractivity contribution in [2.24, 2.45) is 0 Å². The van der Waals surface area contributed by atoms with Crippen LogP contribution in [-0.4, -0.2) is 19.0 Å². The molecule has 6 nitrogen and oxygen atoms in total. The maximum atomic E-state index is 11.5. The Labute approximate surface area is 123 Å². The number of rotatable bonds is 3. The second kappa shape index (κ2) is 5.28. The van der Waals surface area contributed by atoms with Gasteiger partial charge in [-0.15, -0.1) is 0 Å². The van der Waals surface area contributed by atoms with Gasteiger partial charge in [-0.3, -0.25) is 9.17 Å². The molecular formula is C11H8ClN3O3S2. The van der Waals surface area contributed by atoms with Crippen LogP contribution in [0, 0.1) is 11.3 Å². The highest BCUT2D eigenvalue weighted by molar-refractivity contribution is 7.90. The number of hydrogen-bond acceptors (Lipinski definition) is 6. The normalized spacial score (nSPS) is 11.1. The van der Waals surface area contributed by atoms with Crippen LogP contribution in [0.5, 0.6) is 0 Å². The summed E-state index contributed by atoms with van der Waals surface area (Å²) < 4.78 is 25.5. The zero-order valence-corrected chi connectivity index (χ0v) is 12.5. The number of sulfone groups is 1. The van der Waals surface area contributed by atoms with Crippen LogP contribution in [-0.2, 0) is 9.84 Å². The minimum absolute atomic E-state index is 0.0499. The van der Waals surface area contributed by atoms with E-state index in [1.165, 1.54) is 18.2 Å². The highest BCUT2D eigenvalue weighted by Gasteiger charge is 2.13. The van der Waals surface area contributed by atoms with Crippen molar-refractivity contribution in [2.45, 2.75) is 4.90 Å². The second-order valence-electron chi connectivity index (χ2n) is 3.92. The standard InChI is InChI=1S/C11H8ClN3O3S2/c1-20(17,18)8-3-6(12)2-7(4-8)14-11-9(5-13)10(16)15-19-11/h2-4,14H,1H3,(H,15,16). The fraction of sp³-hybridized carbons (Fsp3) is 0.0909. The Balaban J connectivity index is 2.47. The lowest BCUT2D eigenvalue weighted by atomic mass is 10.3. The molecule has 0 saturated carbocycles. The number of nitriles is 1. The molecule has 2 N–H and O–H groups in total. The molecule has 1 heterocycles. The van der Waals surface area contributed by atoms with Crippen LogP contribution >= 0.6 is 23.1 Å². The lowest BCUT2D eigenvalue weighted by molar-refractivity contribution is 0.602. The first-order valence-corrected chi connectivity index (χ1v) is 8.29. The number of aromatic amines is 1. The molecule has 20 heavy (non-hydrogen) atoms. The number of halogens is 1. The molecule has 0 aliphatic heterocycles. The van der Waals surface area contributed by atoms with Crippen molar-refractivity contribution in [2.75, 3.05) is 11.6 Å². The molecule has 9 heteroatoms.